The van der Waals surface area contributed by atoms with Crippen LogP contribution in [0.2, 0.25) is 0 Å². The number of phosphoric acid groups is 1. The first kappa shape index (κ1) is 29.4. The van der Waals surface area contributed by atoms with E-state index >= 15 is 0 Å². The molecule has 0 radical (unpaired) electrons. The third-order valence-electron chi connectivity index (χ3n) is 5.11. The summed E-state index contributed by atoms with van der Waals surface area (Å²) in [6.07, 6.45) is 22.8. The number of thiol groups is 1. The molecule has 0 heterocycles. The molecule has 0 aliphatic rings. The van der Waals surface area contributed by atoms with E-state index in [-0.39, 0.29) is 6.61 Å². The third kappa shape index (κ3) is 28.4. The van der Waals surface area contributed by atoms with Crippen LogP contribution in [0, 0.1) is 0 Å². The summed E-state index contributed by atoms with van der Waals surface area (Å²) in [6, 6.07) is 0. The Kier molecular flexibility index (Phi) is 21.8. The maximum Gasteiger partial charge on any atom is 0.469 e. The first-order valence-corrected chi connectivity index (χ1v) is 14.0. The molecule has 0 saturated carbocycles. The SMILES string of the molecule is O=P(O)(O)OCCCCCCCCCCCCCCCCCCCCNC(=S)S. The minimum Gasteiger partial charge on any atom is -0.371 e. The Balaban J connectivity index is 3.05. The number of nitrogens with one attached hydrogen (secondary N) is 1. The lowest BCUT2D eigenvalue weighted by Gasteiger charge is -2.05. The van der Waals surface area contributed by atoms with Crippen molar-refractivity contribution in [2.45, 2.75) is 116 Å². The second kappa shape index (κ2) is 21.6. The van der Waals surface area contributed by atoms with E-state index in [4.69, 9.17) is 22.0 Å². The largest absolute Gasteiger partial charge is 0.469 e. The second-order valence-corrected chi connectivity index (χ2v) is 10.3. The molecule has 174 valence electrons. The average molecular weight is 470 g/mol. The summed E-state index contributed by atoms with van der Waals surface area (Å²) < 4.78 is 15.5. The van der Waals surface area contributed by atoms with Crippen LogP contribution in [0.4, 0.5) is 0 Å². The molecule has 0 amide bonds. The molecular weight excluding hydrogens is 425 g/mol. The van der Waals surface area contributed by atoms with E-state index in [1.165, 1.54) is 96.3 Å². The smallest absolute Gasteiger partial charge is 0.371 e. The predicted octanol–water partition coefficient (Wildman–Crippen LogP) is 6.92. The van der Waals surface area contributed by atoms with Gasteiger partial charge < -0.3 is 15.1 Å². The fourth-order valence-corrected chi connectivity index (χ4v) is 4.02. The zero-order valence-corrected chi connectivity index (χ0v) is 20.8. The van der Waals surface area contributed by atoms with Crippen LogP contribution in [0.3, 0.4) is 0 Å². The Morgan fingerprint density at radius 1 is 0.690 bits per heavy atom. The van der Waals surface area contributed by atoms with Gasteiger partial charge in [-0.3, -0.25) is 4.52 Å². The standard InChI is InChI=1S/C21H44NO4PS2/c23-27(24,25)26-20-18-16-14-12-10-8-6-4-2-1-3-5-7-9-11-13-15-17-19-22-21(28)29/h1-20H2,(H2,22,28,29)(H2,23,24,25). The molecule has 29 heavy (non-hydrogen) atoms. The van der Waals surface area contributed by atoms with E-state index in [0.717, 1.165) is 25.8 Å². The number of hydrogen-bond acceptors (Lipinski definition) is 3. The molecule has 8 heteroatoms. The van der Waals surface area contributed by atoms with Crippen molar-refractivity contribution >= 4 is 37.0 Å². The molecule has 0 unspecified atom stereocenters. The van der Waals surface area contributed by atoms with Gasteiger partial charge in [-0.05, 0) is 12.8 Å². The Morgan fingerprint density at radius 2 is 1.00 bits per heavy atom. The molecule has 0 rings (SSSR count). The maximum atomic E-state index is 10.5. The number of phosphoric ester groups is 1. The van der Waals surface area contributed by atoms with Crippen LogP contribution in [0.5, 0.6) is 0 Å². The Hall–Kier alpha value is 0.350. The molecule has 0 fully saturated rings. The lowest BCUT2D eigenvalue weighted by Crippen LogP contribution is -2.17. The van der Waals surface area contributed by atoms with Gasteiger partial charge in [0.2, 0.25) is 0 Å². The van der Waals surface area contributed by atoms with Gasteiger partial charge in [-0.1, -0.05) is 115 Å². The third-order valence-corrected chi connectivity index (χ3v) is 5.93. The van der Waals surface area contributed by atoms with Crippen LogP contribution in [-0.2, 0) is 9.09 Å². The quantitative estimate of drug-likeness (QED) is 0.0596. The molecule has 0 aliphatic heterocycles. The molecule has 0 aromatic rings. The molecule has 0 spiro atoms. The van der Waals surface area contributed by atoms with E-state index in [2.05, 4.69) is 22.5 Å². The Labute approximate surface area is 189 Å². The van der Waals surface area contributed by atoms with Gasteiger partial charge in [0.15, 0.2) is 0 Å². The lowest BCUT2D eigenvalue weighted by atomic mass is 10.0. The van der Waals surface area contributed by atoms with Crippen molar-refractivity contribution in [2.75, 3.05) is 13.2 Å². The first-order chi connectivity index (χ1) is 13.9. The summed E-state index contributed by atoms with van der Waals surface area (Å²) in [4.78, 5) is 17.1. The van der Waals surface area contributed by atoms with Crippen molar-refractivity contribution < 1.29 is 18.9 Å². The minimum atomic E-state index is -4.27. The fourth-order valence-electron chi connectivity index (χ4n) is 3.43. The van der Waals surface area contributed by atoms with E-state index in [9.17, 15) is 4.57 Å². The normalized spacial score (nSPS) is 11.7. The van der Waals surface area contributed by atoms with Gasteiger partial charge in [0.25, 0.3) is 0 Å². The molecule has 0 bridgehead atoms. The fraction of sp³-hybridized carbons (Fsp3) is 0.952. The van der Waals surface area contributed by atoms with Crippen LogP contribution < -0.4 is 5.32 Å². The molecular formula is C21H44NO4PS2. The monoisotopic (exact) mass is 469 g/mol. The van der Waals surface area contributed by atoms with Crippen molar-refractivity contribution in [3.05, 3.63) is 0 Å². The highest BCUT2D eigenvalue weighted by molar-refractivity contribution is 8.11. The van der Waals surface area contributed by atoms with Crippen LogP contribution in [0.15, 0.2) is 0 Å². The van der Waals surface area contributed by atoms with Gasteiger partial charge in [-0.2, -0.15) is 0 Å². The summed E-state index contributed by atoms with van der Waals surface area (Å²) in [5, 5.41) is 3.08. The molecule has 0 atom stereocenters. The van der Waals surface area contributed by atoms with Gasteiger partial charge in [0.1, 0.15) is 4.32 Å². The highest BCUT2D eigenvalue weighted by Crippen LogP contribution is 2.35. The van der Waals surface area contributed by atoms with Crippen molar-refractivity contribution in [2.24, 2.45) is 0 Å². The van der Waals surface area contributed by atoms with Crippen molar-refractivity contribution in [3.63, 3.8) is 0 Å². The highest BCUT2D eigenvalue weighted by Gasteiger charge is 2.12. The zero-order valence-electron chi connectivity index (χ0n) is 18.2. The summed E-state index contributed by atoms with van der Waals surface area (Å²) in [6.45, 7) is 1.12. The summed E-state index contributed by atoms with van der Waals surface area (Å²) in [5.41, 5.74) is 0. The molecule has 3 N–H and O–H groups in total. The number of hydrogen-bond donors (Lipinski definition) is 4. The van der Waals surface area contributed by atoms with Gasteiger partial charge in [0.05, 0.1) is 6.61 Å². The van der Waals surface area contributed by atoms with Crippen molar-refractivity contribution in [1.29, 1.82) is 0 Å². The van der Waals surface area contributed by atoms with E-state index in [1.807, 2.05) is 0 Å². The van der Waals surface area contributed by atoms with Gasteiger partial charge in [-0.25, -0.2) is 4.57 Å². The van der Waals surface area contributed by atoms with E-state index < -0.39 is 7.82 Å². The maximum absolute atomic E-state index is 10.5. The summed E-state index contributed by atoms with van der Waals surface area (Å²) in [5.74, 6) is 0. The molecule has 0 saturated heterocycles. The molecule has 0 aromatic heterocycles. The Morgan fingerprint density at radius 3 is 1.31 bits per heavy atom. The van der Waals surface area contributed by atoms with Crippen LogP contribution in [0.25, 0.3) is 0 Å². The summed E-state index contributed by atoms with van der Waals surface area (Å²) >= 11 is 8.91. The second-order valence-electron chi connectivity index (χ2n) is 7.92. The summed E-state index contributed by atoms with van der Waals surface area (Å²) in [7, 11) is -4.27. The van der Waals surface area contributed by atoms with Crippen molar-refractivity contribution in [1.82, 2.24) is 5.32 Å². The molecule has 0 aromatic carbocycles. The zero-order chi connectivity index (χ0) is 21.6. The Bertz CT molecular complexity index is 421. The number of unbranched alkanes of at least 4 members (excludes halogenated alkanes) is 17. The van der Waals surface area contributed by atoms with Gasteiger partial charge in [-0.15, -0.1) is 12.6 Å². The predicted molar refractivity (Wildman–Crippen MR) is 131 cm³/mol. The number of thiocarbonyl (C=S) groups is 1. The highest BCUT2D eigenvalue weighted by atomic mass is 32.1. The van der Waals surface area contributed by atoms with E-state index in [1.54, 1.807) is 0 Å². The first-order valence-electron chi connectivity index (χ1n) is 11.6. The van der Waals surface area contributed by atoms with Gasteiger partial charge >= 0.3 is 7.82 Å². The van der Waals surface area contributed by atoms with Gasteiger partial charge in [0, 0.05) is 6.54 Å². The average Bonchev–Trinajstić information content (AvgIpc) is 2.64. The topological polar surface area (TPSA) is 78.8 Å². The van der Waals surface area contributed by atoms with E-state index in [0.29, 0.717) is 4.32 Å². The van der Waals surface area contributed by atoms with Crippen LogP contribution in [-0.4, -0.2) is 27.3 Å². The lowest BCUT2D eigenvalue weighted by molar-refractivity contribution is 0.193. The van der Waals surface area contributed by atoms with Crippen LogP contribution in [0.1, 0.15) is 116 Å². The minimum absolute atomic E-state index is 0.161. The molecule has 0 aliphatic carbocycles. The molecule has 5 nitrogen and oxygen atoms in total. The number of rotatable bonds is 22. The van der Waals surface area contributed by atoms with Crippen molar-refractivity contribution in [3.8, 4) is 0 Å². The van der Waals surface area contributed by atoms with Crippen LogP contribution >= 0.6 is 32.7 Å².